The highest BCUT2D eigenvalue weighted by Gasteiger charge is 2.35. The molecule has 0 aromatic heterocycles. The number of rotatable bonds is 1. The number of aliphatic hydroxyl groups is 3. The van der Waals surface area contributed by atoms with E-state index in [1.807, 2.05) is 0 Å². The van der Waals surface area contributed by atoms with Crippen molar-refractivity contribution in [3.05, 3.63) is 0 Å². The van der Waals surface area contributed by atoms with Gasteiger partial charge in [0.05, 0.1) is 18.3 Å². The molecule has 0 aromatic carbocycles. The zero-order valence-electron chi connectivity index (χ0n) is 9.18. The second-order valence-corrected chi connectivity index (χ2v) is 5.27. The summed E-state index contributed by atoms with van der Waals surface area (Å²) >= 11 is 0. The van der Waals surface area contributed by atoms with Crippen LogP contribution < -0.4 is 0 Å². The highest BCUT2D eigenvalue weighted by Crippen LogP contribution is 2.38. The summed E-state index contributed by atoms with van der Waals surface area (Å²) in [5.74, 6) is 0.928. The van der Waals surface area contributed by atoms with E-state index in [2.05, 4.69) is 0 Å². The molecule has 0 saturated heterocycles. The maximum atomic E-state index is 9.94. The van der Waals surface area contributed by atoms with Crippen molar-refractivity contribution >= 4 is 0 Å². The van der Waals surface area contributed by atoms with E-state index in [0.717, 1.165) is 38.5 Å². The van der Waals surface area contributed by atoms with Crippen LogP contribution in [0.5, 0.6) is 0 Å². The largest absolute Gasteiger partial charge is 0.393 e. The van der Waals surface area contributed by atoms with Gasteiger partial charge >= 0.3 is 0 Å². The van der Waals surface area contributed by atoms with Gasteiger partial charge in [-0.1, -0.05) is 0 Å². The van der Waals surface area contributed by atoms with Gasteiger partial charge in [-0.2, -0.15) is 0 Å². The molecular weight excluding hydrogens is 192 g/mol. The third kappa shape index (κ3) is 2.71. The summed E-state index contributed by atoms with van der Waals surface area (Å²) in [5.41, 5.74) is 0. The van der Waals surface area contributed by atoms with Crippen LogP contribution in [0.2, 0.25) is 0 Å². The van der Waals surface area contributed by atoms with E-state index in [9.17, 15) is 15.3 Å². The predicted molar refractivity (Wildman–Crippen MR) is 57.3 cm³/mol. The summed E-state index contributed by atoms with van der Waals surface area (Å²) in [5, 5.41) is 28.8. The molecule has 0 bridgehead atoms. The Bertz CT molecular complexity index is 199. The first-order chi connectivity index (χ1) is 7.16. The van der Waals surface area contributed by atoms with Gasteiger partial charge in [-0.15, -0.1) is 0 Å². The van der Waals surface area contributed by atoms with Gasteiger partial charge in [-0.05, 0) is 56.8 Å². The standard InChI is InChI=1S/C12H22O3/c13-9-3-1-8(2-4-9)11-6-5-10(14)7-12(11)15/h8-15H,1-7H2. The normalized spacial score (nSPS) is 47.8. The fourth-order valence-corrected chi connectivity index (χ4v) is 3.23. The lowest BCUT2D eigenvalue weighted by molar-refractivity contribution is -0.0339. The van der Waals surface area contributed by atoms with Gasteiger partial charge in [0.1, 0.15) is 0 Å². The molecule has 3 atom stereocenters. The number of hydrogen-bond acceptors (Lipinski definition) is 3. The molecule has 0 spiro atoms. The minimum atomic E-state index is -0.325. The topological polar surface area (TPSA) is 60.7 Å². The highest BCUT2D eigenvalue weighted by atomic mass is 16.3. The maximum absolute atomic E-state index is 9.94. The van der Waals surface area contributed by atoms with Gasteiger partial charge in [0.15, 0.2) is 0 Å². The Morgan fingerprint density at radius 1 is 0.667 bits per heavy atom. The summed E-state index contributed by atoms with van der Waals surface area (Å²) in [7, 11) is 0. The molecule has 2 aliphatic carbocycles. The van der Waals surface area contributed by atoms with Crippen molar-refractivity contribution in [3.63, 3.8) is 0 Å². The molecule has 3 unspecified atom stereocenters. The van der Waals surface area contributed by atoms with Crippen molar-refractivity contribution in [1.29, 1.82) is 0 Å². The molecule has 15 heavy (non-hydrogen) atoms. The molecule has 3 N–H and O–H groups in total. The monoisotopic (exact) mass is 214 g/mol. The molecule has 88 valence electrons. The summed E-state index contributed by atoms with van der Waals surface area (Å²) in [6.45, 7) is 0. The zero-order chi connectivity index (χ0) is 10.8. The second-order valence-electron chi connectivity index (χ2n) is 5.27. The van der Waals surface area contributed by atoms with Crippen LogP contribution in [0.3, 0.4) is 0 Å². The second kappa shape index (κ2) is 4.81. The molecule has 0 heterocycles. The van der Waals surface area contributed by atoms with E-state index in [1.165, 1.54) is 0 Å². The molecule has 0 aliphatic heterocycles. The average molecular weight is 214 g/mol. The van der Waals surface area contributed by atoms with Crippen LogP contribution in [0.1, 0.15) is 44.9 Å². The molecule has 3 nitrogen and oxygen atoms in total. The Labute approximate surface area is 91.1 Å². The Kier molecular flexibility index (Phi) is 3.65. The van der Waals surface area contributed by atoms with Crippen molar-refractivity contribution in [2.75, 3.05) is 0 Å². The van der Waals surface area contributed by atoms with Crippen LogP contribution in [-0.2, 0) is 0 Å². The molecule has 0 amide bonds. The summed E-state index contributed by atoms with van der Waals surface area (Å²) < 4.78 is 0. The van der Waals surface area contributed by atoms with E-state index in [-0.39, 0.29) is 18.3 Å². The van der Waals surface area contributed by atoms with E-state index in [0.29, 0.717) is 18.3 Å². The lowest BCUT2D eigenvalue weighted by Crippen LogP contribution is -2.38. The van der Waals surface area contributed by atoms with Crippen molar-refractivity contribution in [2.45, 2.75) is 63.3 Å². The predicted octanol–water partition coefficient (Wildman–Crippen LogP) is 1.06. The van der Waals surface area contributed by atoms with Crippen LogP contribution in [-0.4, -0.2) is 33.6 Å². The van der Waals surface area contributed by atoms with Crippen molar-refractivity contribution in [2.24, 2.45) is 11.8 Å². The lowest BCUT2D eigenvalue weighted by atomic mass is 9.71. The summed E-state index contributed by atoms with van der Waals surface area (Å²) in [6, 6.07) is 0. The minimum absolute atomic E-state index is 0.118. The zero-order valence-corrected chi connectivity index (χ0v) is 9.18. The number of hydrogen-bond donors (Lipinski definition) is 3. The van der Waals surface area contributed by atoms with Gasteiger partial charge in [-0.25, -0.2) is 0 Å². The lowest BCUT2D eigenvalue weighted by Gasteiger charge is -2.38. The van der Waals surface area contributed by atoms with Crippen molar-refractivity contribution in [3.8, 4) is 0 Å². The van der Waals surface area contributed by atoms with E-state index >= 15 is 0 Å². The third-order valence-electron chi connectivity index (χ3n) is 4.19. The van der Waals surface area contributed by atoms with E-state index < -0.39 is 0 Å². The quantitative estimate of drug-likeness (QED) is 0.611. The molecule has 2 fully saturated rings. The van der Waals surface area contributed by atoms with Crippen LogP contribution in [0.15, 0.2) is 0 Å². The number of aliphatic hydroxyl groups excluding tert-OH is 3. The molecule has 2 aliphatic rings. The first-order valence-corrected chi connectivity index (χ1v) is 6.21. The highest BCUT2D eigenvalue weighted by molar-refractivity contribution is 4.86. The molecule has 2 rings (SSSR count). The Hall–Kier alpha value is -0.120. The average Bonchev–Trinajstić information content (AvgIpc) is 2.20. The van der Waals surface area contributed by atoms with Crippen molar-refractivity contribution in [1.82, 2.24) is 0 Å². The Morgan fingerprint density at radius 2 is 1.27 bits per heavy atom. The first kappa shape index (κ1) is 11.4. The summed E-state index contributed by atoms with van der Waals surface area (Å²) in [6.07, 6.45) is 5.44. The fraction of sp³-hybridized carbons (Fsp3) is 1.00. The molecule has 2 saturated carbocycles. The molecule has 0 aromatic rings. The van der Waals surface area contributed by atoms with Crippen LogP contribution in [0.25, 0.3) is 0 Å². The fourth-order valence-electron chi connectivity index (χ4n) is 3.23. The third-order valence-corrected chi connectivity index (χ3v) is 4.19. The molecule has 3 heteroatoms. The van der Waals surface area contributed by atoms with Crippen LogP contribution >= 0.6 is 0 Å². The SMILES string of the molecule is OC1CCC(C2CCC(O)CC2O)CC1. The van der Waals surface area contributed by atoms with Gasteiger partial charge in [-0.3, -0.25) is 0 Å². The van der Waals surface area contributed by atoms with Gasteiger partial charge in [0, 0.05) is 0 Å². The first-order valence-electron chi connectivity index (χ1n) is 6.21. The molecular formula is C12H22O3. The van der Waals surface area contributed by atoms with Gasteiger partial charge in [0.2, 0.25) is 0 Å². The van der Waals surface area contributed by atoms with Crippen LogP contribution in [0, 0.1) is 11.8 Å². The Balaban J connectivity index is 1.87. The Morgan fingerprint density at radius 3 is 1.87 bits per heavy atom. The smallest absolute Gasteiger partial charge is 0.0595 e. The molecule has 0 radical (unpaired) electrons. The van der Waals surface area contributed by atoms with Gasteiger partial charge < -0.3 is 15.3 Å². The maximum Gasteiger partial charge on any atom is 0.0595 e. The van der Waals surface area contributed by atoms with Crippen molar-refractivity contribution < 1.29 is 15.3 Å². The van der Waals surface area contributed by atoms with E-state index in [4.69, 9.17) is 0 Å². The van der Waals surface area contributed by atoms with Gasteiger partial charge in [0.25, 0.3) is 0 Å². The van der Waals surface area contributed by atoms with Crippen LogP contribution in [0.4, 0.5) is 0 Å². The van der Waals surface area contributed by atoms with E-state index in [1.54, 1.807) is 0 Å². The summed E-state index contributed by atoms with van der Waals surface area (Å²) in [4.78, 5) is 0. The minimum Gasteiger partial charge on any atom is -0.393 e.